The van der Waals surface area contributed by atoms with E-state index < -0.39 is 40.7 Å². The number of halogens is 3. The molecule has 0 aromatic carbocycles. The molecule has 0 unspecified atom stereocenters. The van der Waals surface area contributed by atoms with Crippen LogP contribution in [0, 0.1) is 21.4 Å². The van der Waals surface area contributed by atoms with Gasteiger partial charge < -0.3 is 9.84 Å². The molecule has 0 saturated carbocycles. The number of alkyl halides is 3. The smallest absolute Gasteiger partial charge is 0.503 e. The summed E-state index contributed by atoms with van der Waals surface area (Å²) in [6.07, 6.45) is -5.70. The van der Waals surface area contributed by atoms with Gasteiger partial charge in [0.05, 0.1) is 23.5 Å². The van der Waals surface area contributed by atoms with Gasteiger partial charge in [-0.05, 0) is 0 Å². The van der Waals surface area contributed by atoms with E-state index >= 15 is 0 Å². The number of aromatic hydroxyl groups is 1. The highest BCUT2D eigenvalue weighted by molar-refractivity contribution is 5.47. The maximum atomic E-state index is 11.9. The Morgan fingerprint density at radius 1 is 1.61 bits per heavy atom. The summed E-state index contributed by atoms with van der Waals surface area (Å²) in [6, 6.07) is 1.95. The first-order valence-corrected chi connectivity index (χ1v) is 4.24. The molecule has 0 bridgehead atoms. The first kappa shape index (κ1) is 13.5. The minimum atomic E-state index is -5.11. The van der Waals surface area contributed by atoms with Crippen molar-refractivity contribution in [2.45, 2.75) is 12.8 Å². The Morgan fingerprint density at radius 3 is 2.67 bits per heavy atom. The van der Waals surface area contributed by atoms with Gasteiger partial charge in [-0.1, -0.05) is 0 Å². The van der Waals surface area contributed by atoms with Crippen LogP contribution in [0.25, 0.3) is 0 Å². The lowest BCUT2D eigenvalue weighted by atomic mass is 10.2. The summed E-state index contributed by atoms with van der Waals surface area (Å²) in [4.78, 5) is 12.7. The first-order valence-electron chi connectivity index (χ1n) is 4.24. The molecule has 18 heavy (non-hydrogen) atoms. The molecule has 1 rings (SSSR count). The molecular weight excluding hydrogens is 259 g/mol. The monoisotopic (exact) mass is 263 g/mol. The molecule has 0 aliphatic rings. The number of aromatic nitrogens is 1. The van der Waals surface area contributed by atoms with Crippen LogP contribution in [0.1, 0.15) is 5.69 Å². The molecule has 0 radical (unpaired) electrons. The number of nitrogens with zero attached hydrogens (tertiary/aromatic N) is 3. The van der Waals surface area contributed by atoms with Crippen molar-refractivity contribution in [3.8, 4) is 17.7 Å². The van der Waals surface area contributed by atoms with Crippen molar-refractivity contribution in [3.63, 3.8) is 0 Å². The van der Waals surface area contributed by atoms with Crippen LogP contribution in [0.2, 0.25) is 0 Å². The predicted molar refractivity (Wildman–Crippen MR) is 48.6 cm³/mol. The number of ether oxygens (including phenoxy) is 1. The highest BCUT2D eigenvalue weighted by Gasteiger charge is 2.34. The second-order valence-corrected chi connectivity index (χ2v) is 2.92. The van der Waals surface area contributed by atoms with Gasteiger partial charge in [0.2, 0.25) is 0 Å². The van der Waals surface area contributed by atoms with Crippen LogP contribution in [0.4, 0.5) is 18.9 Å². The summed E-state index contributed by atoms with van der Waals surface area (Å²) in [5.74, 6) is -2.38. The van der Waals surface area contributed by atoms with Crippen molar-refractivity contribution >= 4 is 5.69 Å². The summed E-state index contributed by atoms with van der Waals surface area (Å²) in [5, 5.41) is 28.0. The van der Waals surface area contributed by atoms with Gasteiger partial charge in [0.15, 0.2) is 5.75 Å². The van der Waals surface area contributed by atoms with Gasteiger partial charge in [0.25, 0.3) is 11.6 Å². The van der Waals surface area contributed by atoms with Crippen LogP contribution in [0.5, 0.6) is 11.6 Å². The van der Waals surface area contributed by atoms with Gasteiger partial charge in [-0.15, -0.1) is 13.2 Å². The quantitative estimate of drug-likeness (QED) is 0.656. The minimum Gasteiger partial charge on any atom is -0.503 e. The predicted octanol–water partition coefficient (Wildman–Crippen LogP) is 1.66. The van der Waals surface area contributed by atoms with E-state index in [1.165, 1.54) is 6.07 Å². The molecule has 1 N–H and O–H groups in total. The largest absolute Gasteiger partial charge is 0.574 e. The lowest BCUT2D eigenvalue weighted by Gasteiger charge is -2.10. The van der Waals surface area contributed by atoms with Crippen LogP contribution in [-0.2, 0) is 6.42 Å². The minimum absolute atomic E-state index is 0.445. The zero-order chi connectivity index (χ0) is 13.9. The Morgan fingerprint density at radius 2 is 2.22 bits per heavy atom. The van der Waals surface area contributed by atoms with Crippen molar-refractivity contribution in [2.24, 2.45) is 0 Å². The topological polar surface area (TPSA) is 109 Å². The molecule has 96 valence electrons. The molecule has 0 aliphatic carbocycles. The van der Waals surface area contributed by atoms with E-state index in [-0.39, 0.29) is 0 Å². The van der Waals surface area contributed by atoms with Crippen LogP contribution >= 0.6 is 0 Å². The summed E-state index contributed by atoms with van der Waals surface area (Å²) in [5.41, 5.74) is -1.29. The van der Waals surface area contributed by atoms with Gasteiger partial charge >= 0.3 is 6.36 Å². The lowest BCUT2D eigenvalue weighted by molar-refractivity contribution is -0.386. The third-order valence-electron chi connectivity index (χ3n) is 1.68. The third-order valence-corrected chi connectivity index (χ3v) is 1.68. The molecule has 0 spiro atoms. The maximum absolute atomic E-state index is 11.9. The number of rotatable bonds is 3. The Balaban J connectivity index is 3.28. The fraction of sp³-hybridized carbons (Fsp3) is 0.250. The van der Waals surface area contributed by atoms with E-state index in [2.05, 4.69) is 9.72 Å². The number of hydrogen-bond donors (Lipinski definition) is 1. The van der Waals surface area contributed by atoms with Gasteiger partial charge in [-0.3, -0.25) is 10.1 Å². The summed E-state index contributed by atoms with van der Waals surface area (Å²) in [7, 11) is 0. The fourth-order valence-corrected chi connectivity index (χ4v) is 1.06. The molecule has 1 heterocycles. The van der Waals surface area contributed by atoms with Crippen molar-refractivity contribution in [2.75, 3.05) is 0 Å². The normalized spacial score (nSPS) is 10.8. The second kappa shape index (κ2) is 4.74. The van der Waals surface area contributed by atoms with Gasteiger partial charge in [0, 0.05) is 0 Å². The first-order chi connectivity index (χ1) is 8.24. The molecule has 0 atom stereocenters. The van der Waals surface area contributed by atoms with Gasteiger partial charge in [-0.2, -0.15) is 5.26 Å². The Hall–Kier alpha value is -2.57. The molecule has 1 aromatic rings. The number of nitriles is 1. The number of hydrogen-bond acceptors (Lipinski definition) is 6. The SMILES string of the molecule is N#CCc1nc(OC(F)(F)F)c(O)cc1[N+](=O)[O-]. The van der Waals surface area contributed by atoms with Crippen LogP contribution in [-0.4, -0.2) is 21.4 Å². The fourth-order valence-electron chi connectivity index (χ4n) is 1.06. The van der Waals surface area contributed by atoms with E-state index in [1.807, 2.05) is 0 Å². The van der Waals surface area contributed by atoms with E-state index in [0.717, 1.165) is 0 Å². The highest BCUT2D eigenvalue weighted by atomic mass is 19.4. The van der Waals surface area contributed by atoms with E-state index in [9.17, 15) is 23.3 Å². The molecule has 7 nitrogen and oxygen atoms in total. The van der Waals surface area contributed by atoms with Gasteiger partial charge in [-0.25, -0.2) is 4.98 Å². The van der Waals surface area contributed by atoms with Crippen LogP contribution in [0.3, 0.4) is 0 Å². The summed E-state index contributed by atoms with van der Waals surface area (Å²) >= 11 is 0. The second-order valence-electron chi connectivity index (χ2n) is 2.92. The van der Waals surface area contributed by atoms with Crippen molar-refractivity contribution in [1.29, 1.82) is 5.26 Å². The van der Waals surface area contributed by atoms with Crippen molar-refractivity contribution in [3.05, 3.63) is 21.9 Å². The van der Waals surface area contributed by atoms with Crippen LogP contribution < -0.4 is 4.74 Å². The van der Waals surface area contributed by atoms with Crippen LogP contribution in [0.15, 0.2) is 6.07 Å². The van der Waals surface area contributed by atoms with Crippen molar-refractivity contribution < 1.29 is 27.9 Å². The molecule has 0 aliphatic heterocycles. The zero-order valence-electron chi connectivity index (χ0n) is 8.43. The lowest BCUT2D eigenvalue weighted by Crippen LogP contribution is -2.18. The summed E-state index contributed by atoms with van der Waals surface area (Å²) < 4.78 is 39.1. The van der Waals surface area contributed by atoms with Crippen molar-refractivity contribution in [1.82, 2.24) is 4.98 Å². The molecular formula is C8H4F3N3O4. The molecule has 1 aromatic heterocycles. The van der Waals surface area contributed by atoms with Gasteiger partial charge in [0.1, 0.15) is 5.69 Å². The Bertz CT molecular complexity index is 524. The van der Waals surface area contributed by atoms with E-state index in [4.69, 9.17) is 10.4 Å². The average Bonchev–Trinajstić information content (AvgIpc) is 2.20. The van der Waals surface area contributed by atoms with E-state index in [1.54, 1.807) is 0 Å². The molecule has 0 fully saturated rings. The Labute approximate surface area is 97.2 Å². The van der Waals surface area contributed by atoms with E-state index in [0.29, 0.717) is 6.07 Å². The summed E-state index contributed by atoms with van der Waals surface area (Å²) in [6.45, 7) is 0. The number of nitro groups is 1. The Kier molecular flexibility index (Phi) is 3.55. The molecule has 0 saturated heterocycles. The molecule has 10 heteroatoms. The standard InChI is InChI=1S/C8H4F3N3O4/c9-8(10,11)18-7-6(15)3-5(14(16)17)4(13-7)1-2-12/h3,15H,1H2. The average molecular weight is 263 g/mol. The molecule has 0 amide bonds. The highest BCUT2D eigenvalue weighted by Crippen LogP contribution is 2.33. The zero-order valence-corrected chi connectivity index (χ0v) is 8.43. The number of pyridine rings is 1. The third kappa shape index (κ3) is 3.21. The maximum Gasteiger partial charge on any atom is 0.574 e.